The van der Waals surface area contributed by atoms with Crippen molar-refractivity contribution in [1.29, 1.82) is 0 Å². The molecule has 0 atom stereocenters. The Balaban J connectivity index is 1.59. The lowest BCUT2D eigenvalue weighted by atomic mass is 10.2. The maximum atomic E-state index is 13.9. The number of hydrogen-bond acceptors (Lipinski definition) is 9. The van der Waals surface area contributed by atoms with Crippen molar-refractivity contribution < 1.29 is 13.8 Å². The van der Waals surface area contributed by atoms with Gasteiger partial charge in [0.2, 0.25) is 11.6 Å². The van der Waals surface area contributed by atoms with Crippen LogP contribution in [0.3, 0.4) is 0 Å². The molecular formula is C20H16ClFN8O2S. The summed E-state index contributed by atoms with van der Waals surface area (Å²) in [6.45, 7) is 1.99. The zero-order valence-electron chi connectivity index (χ0n) is 17.1. The fourth-order valence-electron chi connectivity index (χ4n) is 2.74. The van der Waals surface area contributed by atoms with Crippen LogP contribution >= 0.6 is 23.4 Å². The Hall–Kier alpha value is -3.77. The number of rotatable bonds is 7. The monoisotopic (exact) mass is 486 g/mol. The van der Waals surface area contributed by atoms with E-state index in [1.165, 1.54) is 34.6 Å². The lowest BCUT2D eigenvalue weighted by molar-refractivity contribution is 0.0949. The lowest BCUT2D eigenvalue weighted by Crippen LogP contribution is -2.20. The quantitative estimate of drug-likeness (QED) is 0.230. The van der Waals surface area contributed by atoms with Crippen LogP contribution in [0.5, 0.6) is 0 Å². The van der Waals surface area contributed by atoms with Crippen molar-refractivity contribution in [3.8, 4) is 5.82 Å². The minimum atomic E-state index is -0.667. The van der Waals surface area contributed by atoms with Crippen LogP contribution in [0.4, 0.5) is 10.2 Å². The highest BCUT2D eigenvalue weighted by atomic mass is 35.5. The van der Waals surface area contributed by atoms with E-state index < -0.39 is 11.7 Å². The molecule has 0 aliphatic rings. The number of halogens is 2. The van der Waals surface area contributed by atoms with E-state index >= 15 is 0 Å². The minimum absolute atomic E-state index is 0.0133. The van der Waals surface area contributed by atoms with Gasteiger partial charge >= 0.3 is 0 Å². The van der Waals surface area contributed by atoms with Crippen molar-refractivity contribution in [3.05, 3.63) is 75.8 Å². The number of anilines is 1. The Bertz CT molecular complexity index is 1300. The lowest BCUT2D eigenvalue weighted by Gasteiger charge is -2.06. The molecule has 1 amide bonds. The maximum Gasteiger partial charge on any atom is 0.293 e. The molecule has 2 heterocycles. The highest BCUT2D eigenvalue weighted by Crippen LogP contribution is 2.26. The second-order valence-electron chi connectivity index (χ2n) is 6.71. The van der Waals surface area contributed by atoms with Gasteiger partial charge in [0.1, 0.15) is 5.82 Å². The van der Waals surface area contributed by atoms with Crippen molar-refractivity contribution in [3.63, 3.8) is 0 Å². The number of nitrogens with two attached hydrogens (primary N) is 1. The van der Waals surface area contributed by atoms with Gasteiger partial charge in [-0.1, -0.05) is 40.6 Å². The molecule has 0 spiro atoms. The predicted octanol–water partition coefficient (Wildman–Crippen LogP) is 3.39. The number of carbonyl (C=O) groups is 1. The Morgan fingerprint density at radius 3 is 2.79 bits per heavy atom. The molecule has 0 bridgehead atoms. The summed E-state index contributed by atoms with van der Waals surface area (Å²) in [4.78, 5) is 13.8. The molecule has 168 valence electrons. The van der Waals surface area contributed by atoms with E-state index in [4.69, 9.17) is 17.3 Å². The van der Waals surface area contributed by atoms with E-state index in [1.807, 2.05) is 31.2 Å². The first-order valence-electron chi connectivity index (χ1n) is 9.44. The topological polar surface area (TPSA) is 137 Å². The molecule has 2 aromatic heterocycles. The maximum absolute atomic E-state index is 13.9. The van der Waals surface area contributed by atoms with Crippen LogP contribution in [-0.4, -0.2) is 37.4 Å². The molecule has 0 radical (unpaired) electrons. The van der Waals surface area contributed by atoms with E-state index in [1.54, 1.807) is 0 Å². The van der Waals surface area contributed by atoms with Gasteiger partial charge in [-0.05, 0) is 41.5 Å². The van der Waals surface area contributed by atoms with Gasteiger partial charge < -0.3 is 5.73 Å². The third-order valence-corrected chi connectivity index (χ3v) is 5.78. The van der Waals surface area contributed by atoms with Crippen LogP contribution in [0.2, 0.25) is 5.02 Å². The second kappa shape index (κ2) is 9.79. The number of amides is 1. The average molecular weight is 487 g/mol. The van der Waals surface area contributed by atoms with Gasteiger partial charge in [-0.15, -0.1) is 16.9 Å². The standard InChI is InChI=1S/C20H16ClFN8O2S/c1-11-5-7-12(8-6-11)33-10-16-17(25-29-30(16)19-18(23)27-32-28-19)20(31)26-24-9-13-14(21)3-2-4-15(13)22/h2-9H,10H2,1H3,(H2,23,27)(H,26,31)/b24-9-. The first-order chi connectivity index (χ1) is 15.9. The van der Waals surface area contributed by atoms with E-state index in [2.05, 4.69) is 35.8 Å². The molecule has 10 nitrogen and oxygen atoms in total. The normalized spacial score (nSPS) is 11.2. The Morgan fingerprint density at radius 1 is 1.30 bits per heavy atom. The van der Waals surface area contributed by atoms with E-state index in [-0.39, 0.29) is 27.9 Å². The van der Waals surface area contributed by atoms with Crippen molar-refractivity contribution in [1.82, 2.24) is 30.7 Å². The number of carbonyl (C=O) groups excluding carboxylic acids is 1. The number of hydrogen-bond donors (Lipinski definition) is 2. The molecule has 0 saturated heterocycles. The summed E-state index contributed by atoms with van der Waals surface area (Å²) in [6.07, 6.45) is 1.11. The molecule has 13 heteroatoms. The number of thioether (sulfide) groups is 1. The molecule has 2 aromatic carbocycles. The number of aromatic nitrogens is 5. The predicted molar refractivity (Wildman–Crippen MR) is 121 cm³/mol. The molecule has 0 saturated carbocycles. The second-order valence-corrected chi connectivity index (χ2v) is 8.16. The summed E-state index contributed by atoms with van der Waals surface area (Å²) < 4.78 is 19.8. The van der Waals surface area contributed by atoms with Crippen molar-refractivity contribution in [2.45, 2.75) is 17.6 Å². The van der Waals surface area contributed by atoms with Crippen LogP contribution in [0, 0.1) is 12.7 Å². The number of nitrogen functional groups attached to an aromatic ring is 1. The Labute approximate surface area is 196 Å². The van der Waals surface area contributed by atoms with Crippen molar-refractivity contribution in [2.75, 3.05) is 5.73 Å². The van der Waals surface area contributed by atoms with Crippen LogP contribution in [0.25, 0.3) is 5.82 Å². The van der Waals surface area contributed by atoms with E-state index in [9.17, 15) is 9.18 Å². The highest BCUT2D eigenvalue weighted by Gasteiger charge is 2.24. The van der Waals surface area contributed by atoms with Gasteiger partial charge in [-0.2, -0.15) is 9.78 Å². The van der Waals surface area contributed by atoms with E-state index in [0.29, 0.717) is 11.4 Å². The molecule has 0 fully saturated rings. The van der Waals surface area contributed by atoms with Crippen LogP contribution in [0.15, 0.2) is 57.1 Å². The number of nitrogens with zero attached hydrogens (tertiary/aromatic N) is 6. The van der Waals surface area contributed by atoms with Crippen molar-refractivity contribution >= 4 is 41.3 Å². The van der Waals surface area contributed by atoms with Gasteiger partial charge in [0.05, 0.1) is 16.9 Å². The first-order valence-corrected chi connectivity index (χ1v) is 10.8. The fraction of sp³-hybridized carbons (Fsp3) is 0.100. The molecule has 4 aromatic rings. The Morgan fingerprint density at radius 2 is 2.09 bits per heavy atom. The zero-order valence-corrected chi connectivity index (χ0v) is 18.6. The summed E-state index contributed by atoms with van der Waals surface area (Å²) in [7, 11) is 0. The summed E-state index contributed by atoms with van der Waals surface area (Å²) in [5.74, 6) is -0.855. The van der Waals surface area contributed by atoms with Gasteiger partial charge in [0.15, 0.2) is 5.69 Å². The van der Waals surface area contributed by atoms with E-state index in [0.717, 1.165) is 16.7 Å². The number of hydrazone groups is 1. The molecule has 33 heavy (non-hydrogen) atoms. The zero-order chi connectivity index (χ0) is 23.4. The van der Waals surface area contributed by atoms with Crippen molar-refractivity contribution in [2.24, 2.45) is 5.10 Å². The fourth-order valence-corrected chi connectivity index (χ4v) is 3.85. The summed E-state index contributed by atoms with van der Waals surface area (Å²) in [5, 5.41) is 19.1. The summed E-state index contributed by atoms with van der Waals surface area (Å²) in [5.41, 5.74) is 9.64. The van der Waals surface area contributed by atoms with Gasteiger partial charge in [0, 0.05) is 16.2 Å². The minimum Gasteiger partial charge on any atom is -0.378 e. The SMILES string of the molecule is Cc1ccc(SCc2c(C(=O)N/N=C\c3c(F)cccc3Cl)nnn2-c2nonc2N)cc1. The van der Waals surface area contributed by atoms with Crippen LogP contribution in [0.1, 0.15) is 27.3 Å². The van der Waals surface area contributed by atoms with Crippen LogP contribution in [-0.2, 0) is 5.75 Å². The number of aryl methyl sites for hydroxylation is 1. The molecular weight excluding hydrogens is 471 g/mol. The molecule has 0 unspecified atom stereocenters. The third kappa shape index (κ3) is 5.02. The molecule has 0 aliphatic carbocycles. The first kappa shape index (κ1) is 22.4. The van der Waals surface area contributed by atoms with Gasteiger partial charge in [-0.3, -0.25) is 4.79 Å². The average Bonchev–Trinajstić information content (AvgIpc) is 3.41. The largest absolute Gasteiger partial charge is 0.378 e. The molecule has 4 rings (SSSR count). The molecule has 3 N–H and O–H groups in total. The van der Waals surface area contributed by atoms with Crippen LogP contribution < -0.4 is 11.2 Å². The number of nitrogens with one attached hydrogen (secondary N) is 1. The van der Waals surface area contributed by atoms with Gasteiger partial charge in [0.25, 0.3) is 5.91 Å². The van der Waals surface area contributed by atoms with Gasteiger partial charge in [-0.25, -0.2) is 14.4 Å². The highest BCUT2D eigenvalue weighted by molar-refractivity contribution is 7.98. The summed E-state index contributed by atoms with van der Waals surface area (Å²) >= 11 is 7.42. The smallest absolute Gasteiger partial charge is 0.293 e. The number of benzene rings is 2. The Kier molecular flexibility index (Phi) is 6.66. The molecule has 0 aliphatic heterocycles. The third-order valence-electron chi connectivity index (χ3n) is 4.43. The summed E-state index contributed by atoms with van der Waals surface area (Å²) in [6, 6.07) is 12.1.